The van der Waals surface area contributed by atoms with Gasteiger partial charge in [0.25, 0.3) is 0 Å². The number of rotatable bonds is 4. The van der Waals surface area contributed by atoms with Crippen molar-refractivity contribution < 1.29 is 4.52 Å². The van der Waals surface area contributed by atoms with Crippen molar-refractivity contribution in [2.45, 2.75) is 56.1 Å². The molecular weight excluding hydrogens is 222 g/mol. The Balaban J connectivity index is 2.01. The molecule has 0 bridgehead atoms. The lowest BCUT2D eigenvalue weighted by atomic mass is 10.00. The summed E-state index contributed by atoms with van der Waals surface area (Å²) in [5.41, 5.74) is 5.89. The number of hydrogen-bond acceptors (Lipinski definition) is 5. The van der Waals surface area contributed by atoms with Crippen molar-refractivity contribution in [3.8, 4) is 0 Å². The number of nitrogens with zero attached hydrogens (tertiary/aromatic N) is 2. The van der Waals surface area contributed by atoms with Gasteiger partial charge in [-0.3, -0.25) is 0 Å². The molecule has 2 N–H and O–H groups in total. The average Bonchev–Trinajstić information content (AvgIpc) is 2.84. The maximum absolute atomic E-state index is 6.25. The zero-order chi connectivity index (χ0) is 11.6. The molecule has 0 radical (unpaired) electrons. The maximum atomic E-state index is 6.25. The number of thioether (sulfide) groups is 1. The largest absolute Gasteiger partial charge is 0.337 e. The van der Waals surface area contributed by atoms with E-state index in [0.29, 0.717) is 11.1 Å². The molecule has 2 rings (SSSR count). The van der Waals surface area contributed by atoms with Crippen molar-refractivity contribution in [2.24, 2.45) is 5.73 Å². The first-order valence-corrected chi connectivity index (χ1v) is 6.88. The number of nitrogens with two attached hydrogens (primary N) is 1. The lowest BCUT2D eigenvalue weighted by molar-refractivity contribution is 0.284. The van der Waals surface area contributed by atoms with Gasteiger partial charge in [0.2, 0.25) is 5.89 Å². The third-order valence-electron chi connectivity index (χ3n) is 2.94. The van der Waals surface area contributed by atoms with Gasteiger partial charge < -0.3 is 10.3 Å². The van der Waals surface area contributed by atoms with Gasteiger partial charge in [-0.25, -0.2) is 0 Å². The molecule has 0 aromatic carbocycles. The van der Waals surface area contributed by atoms with Gasteiger partial charge in [-0.2, -0.15) is 16.7 Å². The van der Waals surface area contributed by atoms with Gasteiger partial charge in [0.05, 0.1) is 11.3 Å². The van der Waals surface area contributed by atoms with Gasteiger partial charge in [-0.05, 0) is 18.1 Å². The van der Waals surface area contributed by atoms with E-state index in [2.05, 4.69) is 24.0 Å². The summed E-state index contributed by atoms with van der Waals surface area (Å²) in [6.45, 7) is 4.32. The summed E-state index contributed by atoms with van der Waals surface area (Å²) in [7, 11) is 0. The highest BCUT2D eigenvalue weighted by Crippen LogP contribution is 2.35. The van der Waals surface area contributed by atoms with Crippen LogP contribution in [0.5, 0.6) is 0 Å². The van der Waals surface area contributed by atoms with E-state index in [0.717, 1.165) is 37.3 Å². The van der Waals surface area contributed by atoms with Gasteiger partial charge in [-0.1, -0.05) is 31.8 Å². The molecular formula is C11H19N3OS. The monoisotopic (exact) mass is 241 g/mol. The molecule has 0 atom stereocenters. The minimum Gasteiger partial charge on any atom is -0.337 e. The lowest BCUT2D eigenvalue weighted by Gasteiger charge is -2.17. The fraction of sp³-hybridized carbons (Fsp3) is 0.818. The number of aromatic nitrogens is 2. The van der Waals surface area contributed by atoms with Crippen LogP contribution in [0.15, 0.2) is 4.52 Å². The highest BCUT2D eigenvalue weighted by Gasteiger charge is 2.36. The Morgan fingerprint density at radius 1 is 1.44 bits per heavy atom. The Hall–Kier alpha value is -0.550. The first-order chi connectivity index (χ1) is 7.60. The lowest BCUT2D eigenvalue weighted by Crippen LogP contribution is -2.33. The van der Waals surface area contributed by atoms with Crippen LogP contribution < -0.4 is 5.73 Å². The van der Waals surface area contributed by atoms with E-state index in [4.69, 9.17) is 10.3 Å². The van der Waals surface area contributed by atoms with Crippen LogP contribution in [-0.4, -0.2) is 15.4 Å². The molecule has 0 aliphatic heterocycles. The van der Waals surface area contributed by atoms with Crippen LogP contribution in [0.25, 0.3) is 0 Å². The minimum absolute atomic E-state index is 0.353. The molecule has 1 fully saturated rings. The van der Waals surface area contributed by atoms with E-state index in [-0.39, 0.29) is 5.54 Å². The molecule has 1 aliphatic rings. The molecule has 90 valence electrons. The Kier molecular flexibility index (Phi) is 3.54. The van der Waals surface area contributed by atoms with E-state index in [1.165, 1.54) is 0 Å². The van der Waals surface area contributed by atoms with Crippen molar-refractivity contribution >= 4 is 11.8 Å². The Morgan fingerprint density at radius 2 is 2.12 bits per heavy atom. The molecule has 1 aliphatic carbocycles. The second-order valence-corrected chi connectivity index (χ2v) is 6.30. The standard InChI is InChI=1S/C11H19N3OS/c1-8(2)16-7-9-13-10(15-14-9)11(12)5-3-4-6-11/h8H,3-7,12H2,1-2H3. The third kappa shape index (κ3) is 2.58. The molecule has 16 heavy (non-hydrogen) atoms. The zero-order valence-electron chi connectivity index (χ0n) is 9.90. The predicted molar refractivity (Wildman–Crippen MR) is 65.1 cm³/mol. The summed E-state index contributed by atoms with van der Waals surface area (Å²) >= 11 is 1.81. The molecule has 1 heterocycles. The Labute approximate surface area is 100 Å². The second kappa shape index (κ2) is 4.75. The van der Waals surface area contributed by atoms with E-state index >= 15 is 0 Å². The van der Waals surface area contributed by atoms with Crippen LogP contribution in [0.2, 0.25) is 0 Å². The van der Waals surface area contributed by atoms with Gasteiger partial charge in [-0.15, -0.1) is 0 Å². The van der Waals surface area contributed by atoms with Crippen molar-refractivity contribution in [3.63, 3.8) is 0 Å². The zero-order valence-corrected chi connectivity index (χ0v) is 10.7. The second-order valence-electron chi connectivity index (χ2n) is 4.74. The van der Waals surface area contributed by atoms with Crippen molar-refractivity contribution in [1.29, 1.82) is 0 Å². The Bertz CT molecular complexity index is 345. The molecule has 5 heteroatoms. The number of hydrogen-bond donors (Lipinski definition) is 1. The highest BCUT2D eigenvalue weighted by atomic mass is 32.2. The Morgan fingerprint density at radius 3 is 2.75 bits per heavy atom. The van der Waals surface area contributed by atoms with Gasteiger partial charge in [0.1, 0.15) is 0 Å². The molecule has 0 spiro atoms. The van der Waals surface area contributed by atoms with Crippen molar-refractivity contribution in [1.82, 2.24) is 10.1 Å². The van der Waals surface area contributed by atoms with Crippen LogP contribution in [0.3, 0.4) is 0 Å². The molecule has 0 amide bonds. The first-order valence-electron chi connectivity index (χ1n) is 5.84. The smallest absolute Gasteiger partial charge is 0.246 e. The van der Waals surface area contributed by atoms with Gasteiger partial charge in [0.15, 0.2) is 5.82 Å². The minimum atomic E-state index is -0.353. The summed E-state index contributed by atoms with van der Waals surface area (Å²) < 4.78 is 5.28. The fourth-order valence-electron chi connectivity index (χ4n) is 1.98. The molecule has 4 nitrogen and oxygen atoms in total. The summed E-state index contributed by atoms with van der Waals surface area (Å²) in [5.74, 6) is 2.20. The van der Waals surface area contributed by atoms with E-state index in [1.807, 2.05) is 11.8 Å². The SMILES string of the molecule is CC(C)SCc1noc(C2(N)CCCC2)n1. The predicted octanol–water partition coefficient (Wildman–Crippen LogP) is 2.44. The maximum Gasteiger partial charge on any atom is 0.246 e. The molecule has 1 aromatic rings. The van der Waals surface area contributed by atoms with Crippen LogP contribution in [0.4, 0.5) is 0 Å². The summed E-state index contributed by atoms with van der Waals surface area (Å²) in [4.78, 5) is 4.41. The van der Waals surface area contributed by atoms with Crippen LogP contribution >= 0.6 is 11.8 Å². The molecule has 0 saturated heterocycles. The normalized spacial score (nSPS) is 19.5. The highest BCUT2D eigenvalue weighted by molar-refractivity contribution is 7.99. The topological polar surface area (TPSA) is 64.9 Å². The first kappa shape index (κ1) is 11.9. The molecule has 1 saturated carbocycles. The van der Waals surface area contributed by atoms with Gasteiger partial charge in [0, 0.05) is 0 Å². The van der Waals surface area contributed by atoms with E-state index in [1.54, 1.807) is 0 Å². The summed E-state index contributed by atoms with van der Waals surface area (Å²) in [6.07, 6.45) is 4.25. The average molecular weight is 241 g/mol. The third-order valence-corrected chi connectivity index (χ3v) is 4.03. The summed E-state index contributed by atoms with van der Waals surface area (Å²) in [6, 6.07) is 0. The van der Waals surface area contributed by atoms with Crippen LogP contribution in [0.1, 0.15) is 51.2 Å². The fourth-order valence-corrected chi connectivity index (χ4v) is 2.58. The van der Waals surface area contributed by atoms with Gasteiger partial charge >= 0.3 is 0 Å². The van der Waals surface area contributed by atoms with E-state index in [9.17, 15) is 0 Å². The summed E-state index contributed by atoms with van der Waals surface area (Å²) in [5, 5.41) is 4.57. The van der Waals surface area contributed by atoms with Crippen molar-refractivity contribution in [3.05, 3.63) is 11.7 Å². The van der Waals surface area contributed by atoms with Crippen LogP contribution in [0, 0.1) is 0 Å². The molecule has 1 aromatic heterocycles. The quantitative estimate of drug-likeness (QED) is 0.877. The molecule has 0 unspecified atom stereocenters. The van der Waals surface area contributed by atoms with Crippen molar-refractivity contribution in [2.75, 3.05) is 0 Å². The van der Waals surface area contributed by atoms with E-state index < -0.39 is 0 Å². The van der Waals surface area contributed by atoms with Crippen LogP contribution in [-0.2, 0) is 11.3 Å².